The Labute approximate surface area is 63.2 Å². The van der Waals surface area contributed by atoms with E-state index in [1.807, 2.05) is 0 Å². The highest BCUT2D eigenvalue weighted by Gasteiger charge is 2.11. The normalized spacial score (nSPS) is 24.8. The lowest BCUT2D eigenvalue weighted by molar-refractivity contribution is -0.0311. The van der Waals surface area contributed by atoms with Crippen molar-refractivity contribution in [2.45, 2.75) is 6.29 Å². The molecule has 0 spiro atoms. The Balaban J connectivity index is 2.70. The van der Waals surface area contributed by atoms with Gasteiger partial charge in [-0.1, -0.05) is 0 Å². The second kappa shape index (κ2) is 2.94. The van der Waals surface area contributed by atoms with E-state index >= 15 is 0 Å². The number of alkyl halides is 1. The van der Waals surface area contributed by atoms with Crippen LogP contribution in [0, 0.1) is 0 Å². The number of aliphatic hydroxyl groups excluding tert-OH is 2. The second-order valence-corrected chi connectivity index (χ2v) is 2.11. The molecule has 0 radical (unpaired) electrons. The largest absolute Gasteiger partial charge is 0.508 e. The number of hydrogen-bond acceptors (Lipinski definition) is 3. The molecule has 0 aromatic rings. The summed E-state index contributed by atoms with van der Waals surface area (Å²) in [6, 6.07) is 0. The lowest BCUT2D eigenvalue weighted by atomic mass is 10.3. The Morgan fingerprint density at radius 2 is 2.40 bits per heavy atom. The average molecular weight is 163 g/mol. The fourth-order valence-electron chi connectivity index (χ4n) is 0.652. The Kier molecular flexibility index (Phi) is 2.19. The van der Waals surface area contributed by atoms with Crippen LogP contribution in [-0.4, -0.2) is 22.4 Å². The van der Waals surface area contributed by atoms with Crippen molar-refractivity contribution >= 4 is 11.6 Å². The van der Waals surface area contributed by atoms with E-state index in [2.05, 4.69) is 0 Å². The molecule has 1 atom stereocenters. The first kappa shape index (κ1) is 7.44. The van der Waals surface area contributed by atoms with Crippen molar-refractivity contribution in [3.05, 3.63) is 23.7 Å². The maximum Gasteiger partial charge on any atom is 0.220 e. The molecule has 1 rings (SSSR count). The standard InChI is InChI=1S/C6H7ClO3/c7-3-5-1-4(8)2-6(9)10-5/h1-2,6,8-9H,3H2/t6-/m0/s1. The zero-order valence-electron chi connectivity index (χ0n) is 5.12. The topological polar surface area (TPSA) is 49.7 Å². The molecule has 3 nitrogen and oxygen atoms in total. The van der Waals surface area contributed by atoms with Crippen molar-refractivity contribution in [1.29, 1.82) is 0 Å². The number of rotatable bonds is 1. The summed E-state index contributed by atoms with van der Waals surface area (Å²) in [4.78, 5) is 0. The third-order valence-electron chi connectivity index (χ3n) is 1.03. The summed E-state index contributed by atoms with van der Waals surface area (Å²) in [5.74, 6) is 0.498. The molecule has 1 aliphatic rings. The van der Waals surface area contributed by atoms with Gasteiger partial charge in [0, 0.05) is 12.2 Å². The summed E-state index contributed by atoms with van der Waals surface area (Å²) in [6.07, 6.45) is 1.47. The first-order chi connectivity index (χ1) is 4.72. The molecule has 10 heavy (non-hydrogen) atoms. The van der Waals surface area contributed by atoms with E-state index in [-0.39, 0.29) is 11.6 Å². The maximum atomic E-state index is 8.87. The van der Waals surface area contributed by atoms with E-state index < -0.39 is 6.29 Å². The molecule has 2 N–H and O–H groups in total. The van der Waals surface area contributed by atoms with Crippen molar-refractivity contribution in [2.75, 3.05) is 5.88 Å². The van der Waals surface area contributed by atoms with Crippen LogP contribution < -0.4 is 0 Å². The molecule has 0 aromatic heterocycles. The molecule has 1 aliphatic heterocycles. The van der Waals surface area contributed by atoms with E-state index in [0.717, 1.165) is 0 Å². The van der Waals surface area contributed by atoms with Gasteiger partial charge in [0.25, 0.3) is 0 Å². The number of hydrogen-bond donors (Lipinski definition) is 2. The van der Waals surface area contributed by atoms with Gasteiger partial charge in [0.05, 0.1) is 5.88 Å². The molecular formula is C6H7ClO3. The number of aliphatic hydroxyl groups is 2. The Morgan fingerprint density at radius 1 is 1.70 bits per heavy atom. The van der Waals surface area contributed by atoms with Gasteiger partial charge in [0.15, 0.2) is 0 Å². The minimum atomic E-state index is -1.07. The molecule has 0 aromatic carbocycles. The lowest BCUT2D eigenvalue weighted by Gasteiger charge is -2.15. The van der Waals surface area contributed by atoms with Crippen LogP contribution in [0.15, 0.2) is 23.7 Å². The minimum Gasteiger partial charge on any atom is -0.508 e. The van der Waals surface area contributed by atoms with Gasteiger partial charge in [0.1, 0.15) is 11.5 Å². The molecule has 56 valence electrons. The monoisotopic (exact) mass is 162 g/mol. The molecule has 1 heterocycles. The predicted molar refractivity (Wildman–Crippen MR) is 36.6 cm³/mol. The molecule has 0 saturated heterocycles. The predicted octanol–water partition coefficient (Wildman–Crippen LogP) is 0.900. The summed E-state index contributed by atoms with van der Waals surface area (Å²) in [6.45, 7) is 0. The van der Waals surface area contributed by atoms with Crippen LogP contribution in [0.4, 0.5) is 0 Å². The fourth-order valence-corrected chi connectivity index (χ4v) is 0.792. The van der Waals surface area contributed by atoms with E-state index in [1.54, 1.807) is 0 Å². The highest BCUT2D eigenvalue weighted by molar-refractivity contribution is 6.19. The van der Waals surface area contributed by atoms with Gasteiger partial charge in [0.2, 0.25) is 6.29 Å². The van der Waals surface area contributed by atoms with E-state index in [1.165, 1.54) is 12.2 Å². The van der Waals surface area contributed by atoms with Crippen LogP contribution in [-0.2, 0) is 4.74 Å². The first-order valence-electron chi connectivity index (χ1n) is 2.74. The van der Waals surface area contributed by atoms with Crippen LogP contribution in [0.2, 0.25) is 0 Å². The molecule has 0 bridgehead atoms. The third kappa shape index (κ3) is 1.65. The van der Waals surface area contributed by atoms with Crippen LogP contribution in [0.25, 0.3) is 0 Å². The summed E-state index contributed by atoms with van der Waals surface area (Å²) < 4.78 is 4.75. The van der Waals surface area contributed by atoms with E-state index in [4.69, 9.17) is 26.6 Å². The fraction of sp³-hybridized carbons (Fsp3) is 0.333. The van der Waals surface area contributed by atoms with E-state index in [9.17, 15) is 0 Å². The van der Waals surface area contributed by atoms with Gasteiger partial charge in [-0.2, -0.15) is 0 Å². The SMILES string of the molecule is OC1=C[C@@H](O)OC(CCl)=C1. The van der Waals surface area contributed by atoms with Crippen molar-refractivity contribution in [3.8, 4) is 0 Å². The average Bonchev–Trinajstić information content (AvgIpc) is 1.85. The zero-order valence-corrected chi connectivity index (χ0v) is 5.88. The van der Waals surface area contributed by atoms with Crippen molar-refractivity contribution in [2.24, 2.45) is 0 Å². The molecular weight excluding hydrogens is 156 g/mol. The quantitative estimate of drug-likeness (QED) is 0.564. The van der Waals surface area contributed by atoms with Crippen LogP contribution in [0.1, 0.15) is 0 Å². The van der Waals surface area contributed by atoms with Crippen LogP contribution >= 0.6 is 11.6 Å². The molecule has 0 aliphatic carbocycles. The van der Waals surface area contributed by atoms with Gasteiger partial charge >= 0.3 is 0 Å². The Hall–Kier alpha value is -0.670. The van der Waals surface area contributed by atoms with Crippen molar-refractivity contribution in [3.63, 3.8) is 0 Å². The van der Waals surface area contributed by atoms with Gasteiger partial charge in [-0.15, -0.1) is 11.6 Å². The number of ether oxygens (including phenoxy) is 1. The Bertz CT molecular complexity index is 185. The second-order valence-electron chi connectivity index (χ2n) is 1.84. The number of allylic oxidation sites excluding steroid dienone is 2. The molecule has 0 amide bonds. The van der Waals surface area contributed by atoms with E-state index in [0.29, 0.717) is 5.76 Å². The molecule has 4 heteroatoms. The van der Waals surface area contributed by atoms with Crippen LogP contribution in [0.3, 0.4) is 0 Å². The third-order valence-corrected chi connectivity index (χ3v) is 1.29. The van der Waals surface area contributed by atoms with Gasteiger partial charge in [-0.05, 0) is 0 Å². The first-order valence-corrected chi connectivity index (χ1v) is 3.28. The molecule has 0 saturated carbocycles. The van der Waals surface area contributed by atoms with Gasteiger partial charge < -0.3 is 14.9 Å². The minimum absolute atomic E-state index is 0.0191. The number of halogens is 1. The maximum absolute atomic E-state index is 8.87. The van der Waals surface area contributed by atoms with Gasteiger partial charge in [-0.3, -0.25) is 0 Å². The van der Waals surface area contributed by atoms with Crippen molar-refractivity contribution < 1.29 is 14.9 Å². The van der Waals surface area contributed by atoms with Gasteiger partial charge in [-0.25, -0.2) is 0 Å². The summed E-state index contributed by atoms with van der Waals surface area (Å²) in [5.41, 5.74) is 0. The van der Waals surface area contributed by atoms with Crippen LogP contribution in [0.5, 0.6) is 0 Å². The molecule has 0 fully saturated rings. The van der Waals surface area contributed by atoms with Crippen molar-refractivity contribution in [1.82, 2.24) is 0 Å². The Morgan fingerprint density at radius 3 is 2.90 bits per heavy atom. The zero-order chi connectivity index (χ0) is 7.56. The highest BCUT2D eigenvalue weighted by Crippen LogP contribution is 2.13. The smallest absolute Gasteiger partial charge is 0.220 e. The summed E-state index contributed by atoms with van der Waals surface area (Å²) in [7, 11) is 0. The summed E-state index contributed by atoms with van der Waals surface area (Å²) >= 11 is 5.37. The molecule has 0 unspecified atom stereocenters. The lowest BCUT2D eigenvalue weighted by Crippen LogP contribution is -2.13. The summed E-state index contributed by atoms with van der Waals surface area (Å²) in [5, 5.41) is 17.7. The highest BCUT2D eigenvalue weighted by atomic mass is 35.5.